The third kappa shape index (κ3) is 3.26. The number of aliphatic hydroxyl groups is 1. The maximum Gasteiger partial charge on any atom is 0.300 e. The molecular formula is C24H21NO5. The SMILES string of the molecule is COc1ccc(/C(O)=C2/C(=O)C(=O)N(c3cccc(C)c3)C2c2ccc(C)o2)cc1. The van der Waals surface area contributed by atoms with Crippen molar-refractivity contribution >= 4 is 23.1 Å². The lowest BCUT2D eigenvalue weighted by Gasteiger charge is -2.23. The molecule has 0 saturated carbocycles. The van der Waals surface area contributed by atoms with Crippen LogP contribution in [0, 0.1) is 13.8 Å². The molecule has 1 amide bonds. The Kier molecular flexibility index (Phi) is 4.91. The van der Waals surface area contributed by atoms with Crippen LogP contribution >= 0.6 is 0 Å². The molecule has 152 valence electrons. The third-order valence-electron chi connectivity index (χ3n) is 5.12. The van der Waals surface area contributed by atoms with E-state index >= 15 is 0 Å². The van der Waals surface area contributed by atoms with Gasteiger partial charge in [-0.3, -0.25) is 14.5 Å². The number of anilines is 1. The van der Waals surface area contributed by atoms with Crippen molar-refractivity contribution in [3.63, 3.8) is 0 Å². The van der Waals surface area contributed by atoms with Crippen LogP contribution in [0.25, 0.3) is 5.76 Å². The number of ether oxygens (including phenoxy) is 1. The summed E-state index contributed by atoms with van der Waals surface area (Å²) in [6, 6.07) is 16.5. The molecule has 1 aromatic heterocycles. The number of aryl methyl sites for hydroxylation is 2. The van der Waals surface area contributed by atoms with Gasteiger partial charge in [0.1, 0.15) is 29.1 Å². The predicted octanol–water partition coefficient (Wildman–Crippen LogP) is 4.53. The number of furan rings is 1. The first-order valence-electron chi connectivity index (χ1n) is 9.49. The molecule has 6 heteroatoms. The van der Waals surface area contributed by atoms with Gasteiger partial charge in [-0.05, 0) is 67.9 Å². The first-order valence-corrected chi connectivity index (χ1v) is 9.49. The molecule has 4 rings (SSSR count). The predicted molar refractivity (Wildman–Crippen MR) is 112 cm³/mol. The molecule has 1 N–H and O–H groups in total. The van der Waals surface area contributed by atoms with E-state index in [4.69, 9.17) is 9.15 Å². The van der Waals surface area contributed by atoms with Gasteiger partial charge in [0, 0.05) is 11.3 Å². The van der Waals surface area contributed by atoms with Gasteiger partial charge in [0.05, 0.1) is 12.7 Å². The minimum Gasteiger partial charge on any atom is -0.507 e. The van der Waals surface area contributed by atoms with Crippen LogP contribution in [0.3, 0.4) is 0 Å². The second-order valence-electron chi connectivity index (χ2n) is 7.19. The lowest BCUT2D eigenvalue weighted by Crippen LogP contribution is -2.29. The Balaban J connectivity index is 1.91. The molecule has 30 heavy (non-hydrogen) atoms. The fraction of sp³-hybridized carbons (Fsp3) is 0.167. The number of rotatable bonds is 4. The number of carbonyl (C=O) groups is 2. The monoisotopic (exact) mass is 403 g/mol. The van der Waals surface area contributed by atoms with Gasteiger partial charge >= 0.3 is 0 Å². The molecule has 0 spiro atoms. The fourth-order valence-corrected chi connectivity index (χ4v) is 3.65. The summed E-state index contributed by atoms with van der Waals surface area (Å²) in [5.74, 6) is -0.0682. The average Bonchev–Trinajstić information content (AvgIpc) is 3.28. The number of carbonyl (C=O) groups excluding carboxylic acids is 2. The molecular weight excluding hydrogens is 382 g/mol. The highest BCUT2D eigenvalue weighted by atomic mass is 16.5. The van der Waals surface area contributed by atoms with Gasteiger partial charge < -0.3 is 14.3 Å². The molecule has 1 saturated heterocycles. The lowest BCUT2D eigenvalue weighted by molar-refractivity contribution is -0.132. The standard InChI is InChI=1S/C24H21NO5/c1-14-5-4-6-17(13-14)25-21(19-12-7-15(2)30-19)20(23(27)24(25)28)22(26)16-8-10-18(29-3)11-9-16/h4-13,21,26H,1-3H3/b22-20-. The van der Waals surface area contributed by atoms with Gasteiger partial charge in [0.25, 0.3) is 11.7 Å². The summed E-state index contributed by atoms with van der Waals surface area (Å²) in [4.78, 5) is 27.4. The number of amides is 1. The fourth-order valence-electron chi connectivity index (χ4n) is 3.65. The molecule has 6 nitrogen and oxygen atoms in total. The molecule has 1 fully saturated rings. The second kappa shape index (κ2) is 7.55. The van der Waals surface area contributed by atoms with Crippen LogP contribution in [0.5, 0.6) is 5.75 Å². The van der Waals surface area contributed by atoms with Gasteiger partial charge in [0.15, 0.2) is 0 Å². The van der Waals surface area contributed by atoms with Crippen LogP contribution in [0.4, 0.5) is 5.69 Å². The Labute approximate surface area is 174 Å². The van der Waals surface area contributed by atoms with E-state index in [-0.39, 0.29) is 11.3 Å². The van der Waals surface area contributed by atoms with Crippen molar-refractivity contribution < 1.29 is 23.8 Å². The molecule has 0 radical (unpaired) electrons. The summed E-state index contributed by atoms with van der Waals surface area (Å²) in [6.07, 6.45) is 0. The Bertz CT molecular complexity index is 1160. The van der Waals surface area contributed by atoms with Crippen LogP contribution in [-0.4, -0.2) is 23.9 Å². The summed E-state index contributed by atoms with van der Waals surface area (Å²) in [5.41, 5.74) is 1.90. The second-order valence-corrected chi connectivity index (χ2v) is 7.19. The quantitative estimate of drug-likeness (QED) is 0.393. The Hall–Kier alpha value is -3.80. The van der Waals surface area contributed by atoms with E-state index in [0.717, 1.165) is 5.56 Å². The van der Waals surface area contributed by atoms with E-state index in [0.29, 0.717) is 28.5 Å². The number of hydrogen-bond donors (Lipinski definition) is 1. The zero-order valence-corrected chi connectivity index (χ0v) is 16.9. The van der Waals surface area contributed by atoms with Crippen LogP contribution < -0.4 is 9.64 Å². The number of hydrogen-bond acceptors (Lipinski definition) is 5. The zero-order chi connectivity index (χ0) is 21.4. The Morgan fingerprint density at radius 1 is 1.03 bits per heavy atom. The highest BCUT2D eigenvalue weighted by molar-refractivity contribution is 6.51. The van der Waals surface area contributed by atoms with Crippen molar-refractivity contribution in [1.82, 2.24) is 0 Å². The zero-order valence-electron chi connectivity index (χ0n) is 16.9. The van der Waals surface area contributed by atoms with Crippen LogP contribution in [0.15, 0.2) is 70.7 Å². The number of Topliss-reactive ketones (excluding diaryl/α,β-unsaturated/α-hetero) is 1. The largest absolute Gasteiger partial charge is 0.507 e. The van der Waals surface area contributed by atoms with Gasteiger partial charge in [-0.1, -0.05) is 12.1 Å². The molecule has 1 aliphatic heterocycles. The Morgan fingerprint density at radius 2 is 1.77 bits per heavy atom. The number of ketones is 1. The molecule has 0 bridgehead atoms. The van der Waals surface area contributed by atoms with Crippen LogP contribution in [0.2, 0.25) is 0 Å². The van der Waals surface area contributed by atoms with Gasteiger partial charge in [-0.2, -0.15) is 0 Å². The summed E-state index contributed by atoms with van der Waals surface area (Å²) in [5, 5.41) is 11.0. The lowest BCUT2D eigenvalue weighted by atomic mass is 9.99. The van der Waals surface area contributed by atoms with Crippen molar-refractivity contribution in [3.8, 4) is 5.75 Å². The molecule has 0 aliphatic carbocycles. The molecule has 2 heterocycles. The maximum absolute atomic E-state index is 13.0. The Morgan fingerprint density at radius 3 is 2.37 bits per heavy atom. The normalized spacial score (nSPS) is 18.1. The number of benzene rings is 2. The number of nitrogens with zero attached hydrogens (tertiary/aromatic N) is 1. The molecule has 1 aliphatic rings. The van der Waals surface area contributed by atoms with E-state index in [1.807, 2.05) is 25.1 Å². The van der Waals surface area contributed by atoms with Crippen LogP contribution in [0.1, 0.15) is 28.7 Å². The van der Waals surface area contributed by atoms with E-state index in [1.54, 1.807) is 56.5 Å². The minimum absolute atomic E-state index is 0.0129. The highest BCUT2D eigenvalue weighted by Gasteiger charge is 2.48. The molecule has 1 atom stereocenters. The molecule has 2 aromatic carbocycles. The third-order valence-corrected chi connectivity index (χ3v) is 5.12. The minimum atomic E-state index is -0.873. The maximum atomic E-state index is 13.0. The summed E-state index contributed by atoms with van der Waals surface area (Å²) >= 11 is 0. The average molecular weight is 403 g/mol. The van der Waals surface area contributed by atoms with Crippen molar-refractivity contribution in [3.05, 3.63) is 88.9 Å². The topological polar surface area (TPSA) is 80.0 Å². The van der Waals surface area contributed by atoms with Gasteiger partial charge in [-0.25, -0.2) is 0 Å². The van der Waals surface area contributed by atoms with E-state index in [1.165, 1.54) is 4.90 Å². The van der Waals surface area contributed by atoms with Gasteiger partial charge in [0.2, 0.25) is 0 Å². The van der Waals surface area contributed by atoms with E-state index in [9.17, 15) is 14.7 Å². The first kappa shape index (κ1) is 19.5. The van der Waals surface area contributed by atoms with E-state index in [2.05, 4.69) is 0 Å². The number of methoxy groups -OCH3 is 1. The van der Waals surface area contributed by atoms with Crippen molar-refractivity contribution in [2.24, 2.45) is 0 Å². The first-order chi connectivity index (χ1) is 14.4. The summed E-state index contributed by atoms with van der Waals surface area (Å²) in [6.45, 7) is 3.69. The highest BCUT2D eigenvalue weighted by Crippen LogP contribution is 2.42. The number of aliphatic hydroxyl groups excluding tert-OH is 1. The van der Waals surface area contributed by atoms with Crippen LogP contribution in [-0.2, 0) is 9.59 Å². The molecule has 1 unspecified atom stereocenters. The van der Waals surface area contributed by atoms with Crippen molar-refractivity contribution in [2.45, 2.75) is 19.9 Å². The molecule has 3 aromatic rings. The van der Waals surface area contributed by atoms with Crippen molar-refractivity contribution in [1.29, 1.82) is 0 Å². The summed E-state index contributed by atoms with van der Waals surface area (Å²) < 4.78 is 10.9. The van der Waals surface area contributed by atoms with E-state index < -0.39 is 17.7 Å². The summed E-state index contributed by atoms with van der Waals surface area (Å²) in [7, 11) is 1.54. The van der Waals surface area contributed by atoms with Gasteiger partial charge in [-0.15, -0.1) is 0 Å². The van der Waals surface area contributed by atoms with Crippen molar-refractivity contribution in [2.75, 3.05) is 12.0 Å². The smallest absolute Gasteiger partial charge is 0.300 e.